The van der Waals surface area contributed by atoms with Crippen LogP contribution in [0.5, 0.6) is 0 Å². The van der Waals surface area contributed by atoms with Gasteiger partial charge in [-0.2, -0.15) is 0 Å². The van der Waals surface area contributed by atoms with Crippen LogP contribution in [0.4, 0.5) is 17.1 Å². The monoisotopic (exact) mass is 641 g/mol. The molecule has 9 rings (SSSR count). The zero-order valence-electron chi connectivity index (χ0n) is 28.5. The fourth-order valence-corrected chi connectivity index (χ4v) is 8.48. The second-order valence-corrected chi connectivity index (χ2v) is 14.2. The van der Waals surface area contributed by atoms with Gasteiger partial charge in [-0.15, -0.1) is 0 Å². The Balaban J connectivity index is 1.25. The van der Waals surface area contributed by atoms with Crippen molar-refractivity contribution in [2.24, 2.45) is 5.92 Å². The molecular formula is C49H39N. The summed E-state index contributed by atoms with van der Waals surface area (Å²) in [6, 6.07) is 60.0. The number of nitrogens with zero attached hydrogens (tertiary/aromatic N) is 1. The molecule has 0 radical (unpaired) electrons. The van der Waals surface area contributed by atoms with Gasteiger partial charge in [-0.3, -0.25) is 0 Å². The third-order valence-corrected chi connectivity index (χ3v) is 11.0. The smallest absolute Gasteiger partial charge is 0.0546 e. The molecule has 2 aliphatic carbocycles. The maximum absolute atomic E-state index is 2.48. The minimum Gasteiger partial charge on any atom is -0.310 e. The molecule has 0 N–H and O–H groups in total. The lowest BCUT2D eigenvalue weighted by Crippen LogP contribution is -2.24. The van der Waals surface area contributed by atoms with E-state index in [1.165, 1.54) is 66.7 Å². The molecule has 240 valence electrons. The minimum atomic E-state index is 0.0135. The van der Waals surface area contributed by atoms with Crippen LogP contribution in [0, 0.1) is 5.92 Å². The Labute approximate surface area is 295 Å². The second kappa shape index (κ2) is 12.2. The summed E-state index contributed by atoms with van der Waals surface area (Å²) in [5.74, 6) is 0.868. The Morgan fingerprint density at radius 1 is 0.500 bits per heavy atom. The summed E-state index contributed by atoms with van der Waals surface area (Å²) < 4.78 is 0. The van der Waals surface area contributed by atoms with E-state index >= 15 is 0 Å². The van der Waals surface area contributed by atoms with Crippen LogP contribution in [0.2, 0.25) is 0 Å². The van der Waals surface area contributed by atoms with Gasteiger partial charge in [0.05, 0.1) is 5.69 Å². The van der Waals surface area contributed by atoms with Gasteiger partial charge in [-0.1, -0.05) is 172 Å². The molecule has 0 fully saturated rings. The van der Waals surface area contributed by atoms with Crippen LogP contribution in [0.25, 0.3) is 44.2 Å². The predicted molar refractivity (Wildman–Crippen MR) is 212 cm³/mol. The number of anilines is 3. The first-order valence-corrected chi connectivity index (χ1v) is 17.7. The normalized spacial score (nSPS) is 17.0. The third kappa shape index (κ3) is 5.01. The molecule has 0 aliphatic heterocycles. The van der Waals surface area contributed by atoms with Gasteiger partial charge in [0.2, 0.25) is 0 Å². The molecule has 0 saturated carbocycles. The van der Waals surface area contributed by atoms with Crippen LogP contribution in [-0.2, 0) is 5.41 Å². The van der Waals surface area contributed by atoms with Gasteiger partial charge in [-0.25, -0.2) is 0 Å². The zero-order chi connectivity index (χ0) is 33.7. The predicted octanol–water partition coefficient (Wildman–Crippen LogP) is 13.4. The van der Waals surface area contributed by atoms with Crippen molar-refractivity contribution in [2.75, 3.05) is 4.90 Å². The molecule has 1 nitrogen and oxygen atoms in total. The molecule has 7 aromatic rings. The van der Waals surface area contributed by atoms with Crippen molar-refractivity contribution in [3.05, 3.63) is 199 Å². The van der Waals surface area contributed by atoms with Gasteiger partial charge in [0.1, 0.15) is 0 Å². The summed E-state index contributed by atoms with van der Waals surface area (Å²) in [5.41, 5.74) is 13.7. The SMILES string of the molecule is CC1(C)c2cc(N(c3ccc(-c4ccccc4-c4ccccc4)cc3)c3ccc4ccccc4c3-c3ccccc3)ccc2C2C=CC=CC21. The van der Waals surface area contributed by atoms with E-state index in [0.29, 0.717) is 11.8 Å². The summed E-state index contributed by atoms with van der Waals surface area (Å²) in [4.78, 5) is 2.48. The summed E-state index contributed by atoms with van der Waals surface area (Å²) in [5, 5.41) is 2.48. The molecule has 2 atom stereocenters. The standard InChI is InChI=1S/C49H39N/c1-49(2)45-24-14-13-23-43(45)44-31-30-39(33-46(44)49)50(47-32-27-35-17-9-10-22-42(35)48(47)37-18-7-4-8-19-37)38-28-25-36(26-29-38)41-21-12-11-20-40(41)34-15-5-3-6-16-34/h3-33,43,45H,1-2H3. The highest BCUT2D eigenvalue weighted by Gasteiger charge is 2.44. The second-order valence-electron chi connectivity index (χ2n) is 14.2. The largest absolute Gasteiger partial charge is 0.310 e. The fourth-order valence-electron chi connectivity index (χ4n) is 8.48. The van der Waals surface area contributed by atoms with E-state index in [-0.39, 0.29) is 5.41 Å². The van der Waals surface area contributed by atoms with E-state index in [9.17, 15) is 0 Å². The highest BCUT2D eigenvalue weighted by molar-refractivity contribution is 6.05. The number of hydrogen-bond donors (Lipinski definition) is 0. The van der Waals surface area contributed by atoms with Crippen molar-refractivity contribution in [1.29, 1.82) is 0 Å². The number of allylic oxidation sites excluding steroid dienone is 4. The lowest BCUT2D eigenvalue weighted by atomic mass is 9.74. The van der Waals surface area contributed by atoms with E-state index in [4.69, 9.17) is 0 Å². The van der Waals surface area contributed by atoms with E-state index in [1.807, 2.05) is 0 Å². The minimum absolute atomic E-state index is 0.0135. The van der Waals surface area contributed by atoms with Gasteiger partial charge in [0, 0.05) is 22.9 Å². The van der Waals surface area contributed by atoms with Crippen LogP contribution in [0.15, 0.2) is 188 Å². The zero-order valence-corrected chi connectivity index (χ0v) is 28.5. The average molecular weight is 642 g/mol. The molecule has 0 bridgehead atoms. The molecule has 50 heavy (non-hydrogen) atoms. The van der Waals surface area contributed by atoms with Gasteiger partial charge in [0.25, 0.3) is 0 Å². The quantitative estimate of drug-likeness (QED) is 0.175. The maximum atomic E-state index is 2.48. The van der Waals surface area contributed by atoms with Crippen molar-refractivity contribution >= 4 is 27.8 Å². The Kier molecular flexibility index (Phi) is 7.36. The molecule has 2 aliphatic rings. The van der Waals surface area contributed by atoms with Crippen molar-refractivity contribution in [3.8, 4) is 33.4 Å². The van der Waals surface area contributed by atoms with Crippen LogP contribution in [-0.4, -0.2) is 0 Å². The van der Waals surface area contributed by atoms with Gasteiger partial charge in [-0.05, 0) is 91.4 Å². The van der Waals surface area contributed by atoms with E-state index < -0.39 is 0 Å². The molecule has 0 amide bonds. The number of hydrogen-bond acceptors (Lipinski definition) is 1. The summed E-state index contributed by atoms with van der Waals surface area (Å²) in [7, 11) is 0. The summed E-state index contributed by atoms with van der Waals surface area (Å²) in [6.07, 6.45) is 9.23. The molecule has 0 aromatic heterocycles. The maximum Gasteiger partial charge on any atom is 0.0546 e. The van der Waals surface area contributed by atoms with E-state index in [0.717, 1.165) is 5.69 Å². The summed E-state index contributed by atoms with van der Waals surface area (Å²) in [6.45, 7) is 4.83. The number of fused-ring (bicyclic) bond motifs is 4. The number of rotatable bonds is 6. The first-order chi connectivity index (χ1) is 24.6. The molecule has 7 aromatic carbocycles. The lowest BCUT2D eigenvalue weighted by Gasteiger charge is -2.31. The number of benzene rings is 7. The van der Waals surface area contributed by atoms with Crippen molar-refractivity contribution in [1.82, 2.24) is 0 Å². The van der Waals surface area contributed by atoms with E-state index in [2.05, 4.69) is 207 Å². The Morgan fingerprint density at radius 2 is 1.10 bits per heavy atom. The van der Waals surface area contributed by atoms with E-state index in [1.54, 1.807) is 0 Å². The van der Waals surface area contributed by atoms with Crippen LogP contribution >= 0.6 is 0 Å². The Bertz CT molecular complexity index is 2400. The molecule has 0 spiro atoms. The van der Waals surface area contributed by atoms with Crippen LogP contribution in [0.3, 0.4) is 0 Å². The van der Waals surface area contributed by atoms with Crippen molar-refractivity contribution < 1.29 is 0 Å². The van der Waals surface area contributed by atoms with Crippen LogP contribution in [0.1, 0.15) is 30.9 Å². The average Bonchev–Trinajstić information content (AvgIpc) is 3.41. The molecule has 2 unspecified atom stereocenters. The highest BCUT2D eigenvalue weighted by Crippen LogP contribution is 2.54. The summed E-state index contributed by atoms with van der Waals surface area (Å²) >= 11 is 0. The van der Waals surface area contributed by atoms with Gasteiger partial charge in [0.15, 0.2) is 0 Å². The molecule has 0 heterocycles. The highest BCUT2D eigenvalue weighted by atomic mass is 15.1. The van der Waals surface area contributed by atoms with Crippen LogP contribution < -0.4 is 4.90 Å². The third-order valence-electron chi connectivity index (χ3n) is 11.0. The molecular weight excluding hydrogens is 603 g/mol. The first-order valence-electron chi connectivity index (χ1n) is 17.7. The molecule has 1 heteroatoms. The Morgan fingerprint density at radius 3 is 1.84 bits per heavy atom. The Hall–Kier alpha value is -5.92. The molecule has 0 saturated heterocycles. The fraction of sp³-hybridized carbons (Fsp3) is 0.102. The van der Waals surface area contributed by atoms with Gasteiger partial charge >= 0.3 is 0 Å². The first kappa shape index (κ1) is 30.2. The topological polar surface area (TPSA) is 3.24 Å². The van der Waals surface area contributed by atoms with Crippen molar-refractivity contribution in [3.63, 3.8) is 0 Å². The van der Waals surface area contributed by atoms with Gasteiger partial charge < -0.3 is 4.90 Å². The van der Waals surface area contributed by atoms with Crippen molar-refractivity contribution in [2.45, 2.75) is 25.2 Å². The lowest BCUT2D eigenvalue weighted by molar-refractivity contribution is 0.394.